The van der Waals surface area contributed by atoms with Gasteiger partial charge in [0.15, 0.2) is 0 Å². The fourth-order valence-corrected chi connectivity index (χ4v) is 2.98. The van der Waals surface area contributed by atoms with Crippen LogP contribution in [0.4, 0.5) is 5.69 Å². The van der Waals surface area contributed by atoms with Crippen LogP contribution in [-0.2, 0) is 0 Å². The van der Waals surface area contributed by atoms with E-state index >= 15 is 0 Å². The third-order valence-corrected chi connectivity index (χ3v) is 4.20. The maximum absolute atomic E-state index is 5.75. The molecule has 0 aromatic heterocycles. The Balaban J connectivity index is 1.96. The summed E-state index contributed by atoms with van der Waals surface area (Å²) >= 11 is 0. The van der Waals surface area contributed by atoms with Gasteiger partial charge < -0.3 is 15.0 Å². The van der Waals surface area contributed by atoms with Crippen LogP contribution >= 0.6 is 0 Å². The van der Waals surface area contributed by atoms with E-state index in [1.54, 1.807) is 0 Å². The van der Waals surface area contributed by atoms with Gasteiger partial charge in [0.25, 0.3) is 0 Å². The molecule has 1 N–H and O–H groups in total. The Kier molecular flexibility index (Phi) is 5.92. The van der Waals surface area contributed by atoms with Gasteiger partial charge in [-0.05, 0) is 76.9 Å². The van der Waals surface area contributed by atoms with Gasteiger partial charge in [-0.2, -0.15) is 0 Å². The van der Waals surface area contributed by atoms with Crippen LogP contribution in [0.1, 0.15) is 45.6 Å². The van der Waals surface area contributed by atoms with Crippen molar-refractivity contribution >= 4 is 5.69 Å². The molecule has 1 unspecified atom stereocenters. The van der Waals surface area contributed by atoms with Crippen LogP contribution in [0.3, 0.4) is 0 Å². The first kappa shape index (κ1) is 16.2. The zero-order valence-corrected chi connectivity index (χ0v) is 14.0. The molecule has 2 rings (SSSR count). The Morgan fingerprint density at radius 2 is 2.10 bits per heavy atom. The number of rotatable bonds is 5. The van der Waals surface area contributed by atoms with Gasteiger partial charge in [-0.3, -0.25) is 0 Å². The number of hydrogen-bond donors (Lipinski definition) is 1. The molecule has 1 aromatic carbocycles. The third-order valence-electron chi connectivity index (χ3n) is 4.20. The van der Waals surface area contributed by atoms with Crippen LogP contribution in [0.25, 0.3) is 0 Å². The molecule has 118 valence electrons. The Hall–Kier alpha value is -1.22. The standard InChI is InChI=1S/C18H30N2O/c1-5-20-11-6-7-16(10-12-20)19-18-9-8-17(13-15(18)4)21-14(2)3/h8-9,13-14,16,19H,5-7,10-12H2,1-4H3. The summed E-state index contributed by atoms with van der Waals surface area (Å²) in [5, 5.41) is 3.73. The molecule has 1 aliphatic rings. The van der Waals surface area contributed by atoms with Crippen molar-refractivity contribution in [2.24, 2.45) is 0 Å². The van der Waals surface area contributed by atoms with E-state index in [4.69, 9.17) is 4.74 Å². The van der Waals surface area contributed by atoms with Crippen LogP contribution in [-0.4, -0.2) is 36.7 Å². The van der Waals surface area contributed by atoms with E-state index in [1.165, 1.54) is 50.1 Å². The van der Waals surface area contributed by atoms with Crippen LogP contribution in [0.5, 0.6) is 5.75 Å². The molecule has 0 aliphatic carbocycles. The second kappa shape index (κ2) is 7.69. The zero-order valence-electron chi connectivity index (χ0n) is 14.0. The third kappa shape index (κ3) is 4.92. The summed E-state index contributed by atoms with van der Waals surface area (Å²) in [6, 6.07) is 6.97. The van der Waals surface area contributed by atoms with Crippen molar-refractivity contribution < 1.29 is 4.74 Å². The molecule has 0 saturated carbocycles. The summed E-state index contributed by atoms with van der Waals surface area (Å²) in [4.78, 5) is 2.55. The highest BCUT2D eigenvalue weighted by atomic mass is 16.5. The topological polar surface area (TPSA) is 24.5 Å². The van der Waals surface area contributed by atoms with Crippen LogP contribution < -0.4 is 10.1 Å². The molecule has 0 amide bonds. The minimum Gasteiger partial charge on any atom is -0.491 e. The predicted molar refractivity (Wildman–Crippen MR) is 90.3 cm³/mol. The van der Waals surface area contributed by atoms with E-state index in [-0.39, 0.29) is 6.10 Å². The largest absolute Gasteiger partial charge is 0.491 e. The summed E-state index contributed by atoms with van der Waals surface area (Å²) in [5.41, 5.74) is 2.52. The molecule has 3 nitrogen and oxygen atoms in total. The van der Waals surface area contributed by atoms with Gasteiger partial charge >= 0.3 is 0 Å². The average Bonchev–Trinajstić information content (AvgIpc) is 2.66. The molecule has 1 fully saturated rings. The zero-order chi connectivity index (χ0) is 15.2. The lowest BCUT2D eigenvalue weighted by atomic mass is 10.1. The number of nitrogens with one attached hydrogen (secondary N) is 1. The lowest BCUT2D eigenvalue weighted by molar-refractivity contribution is 0.242. The summed E-state index contributed by atoms with van der Waals surface area (Å²) < 4.78 is 5.75. The number of ether oxygens (including phenoxy) is 1. The Labute approximate surface area is 129 Å². The molecular formula is C18H30N2O. The van der Waals surface area contributed by atoms with Crippen molar-refractivity contribution in [3.63, 3.8) is 0 Å². The maximum atomic E-state index is 5.75. The summed E-state index contributed by atoms with van der Waals surface area (Å²) in [5.74, 6) is 0.964. The van der Waals surface area contributed by atoms with E-state index in [0.29, 0.717) is 6.04 Å². The van der Waals surface area contributed by atoms with E-state index in [0.717, 1.165) is 5.75 Å². The van der Waals surface area contributed by atoms with Crippen molar-refractivity contribution in [1.82, 2.24) is 4.90 Å². The van der Waals surface area contributed by atoms with E-state index in [1.807, 2.05) is 0 Å². The monoisotopic (exact) mass is 290 g/mol. The average molecular weight is 290 g/mol. The number of benzene rings is 1. The normalized spacial score (nSPS) is 20.3. The van der Waals surface area contributed by atoms with Crippen molar-refractivity contribution in [1.29, 1.82) is 0 Å². The smallest absolute Gasteiger partial charge is 0.120 e. The maximum Gasteiger partial charge on any atom is 0.120 e. The lowest BCUT2D eigenvalue weighted by Crippen LogP contribution is -2.26. The Morgan fingerprint density at radius 3 is 2.76 bits per heavy atom. The summed E-state index contributed by atoms with van der Waals surface area (Å²) in [6.07, 6.45) is 4.02. The fraction of sp³-hybridized carbons (Fsp3) is 0.667. The first-order chi connectivity index (χ1) is 10.1. The highest BCUT2D eigenvalue weighted by molar-refractivity contribution is 5.54. The number of anilines is 1. The lowest BCUT2D eigenvalue weighted by Gasteiger charge is -2.21. The fourth-order valence-electron chi connectivity index (χ4n) is 2.98. The molecular weight excluding hydrogens is 260 g/mol. The molecule has 1 atom stereocenters. The first-order valence-electron chi connectivity index (χ1n) is 8.34. The van der Waals surface area contributed by atoms with Crippen LogP contribution in [0, 0.1) is 6.92 Å². The van der Waals surface area contributed by atoms with Crippen molar-refractivity contribution in [2.75, 3.05) is 25.0 Å². The summed E-state index contributed by atoms with van der Waals surface area (Å²) in [7, 11) is 0. The van der Waals surface area contributed by atoms with Crippen molar-refractivity contribution in [3.05, 3.63) is 23.8 Å². The molecule has 1 heterocycles. The minimum atomic E-state index is 0.227. The van der Waals surface area contributed by atoms with Gasteiger partial charge in [-0.15, -0.1) is 0 Å². The predicted octanol–water partition coefficient (Wildman–Crippen LogP) is 4.07. The SMILES string of the molecule is CCN1CCCC(Nc2ccc(OC(C)C)cc2C)CC1. The Bertz CT molecular complexity index is 445. The van der Waals surface area contributed by atoms with Gasteiger partial charge in [-0.25, -0.2) is 0 Å². The molecule has 1 aliphatic heterocycles. The second-order valence-corrected chi connectivity index (χ2v) is 6.35. The van der Waals surface area contributed by atoms with Crippen LogP contribution in [0.15, 0.2) is 18.2 Å². The quantitative estimate of drug-likeness (QED) is 0.884. The van der Waals surface area contributed by atoms with E-state index in [2.05, 4.69) is 56.1 Å². The van der Waals surface area contributed by atoms with Gasteiger partial charge in [0, 0.05) is 18.3 Å². The number of aryl methyl sites for hydroxylation is 1. The number of hydrogen-bond acceptors (Lipinski definition) is 3. The number of nitrogens with zero attached hydrogens (tertiary/aromatic N) is 1. The van der Waals surface area contributed by atoms with Gasteiger partial charge in [0.2, 0.25) is 0 Å². The van der Waals surface area contributed by atoms with E-state index in [9.17, 15) is 0 Å². The molecule has 3 heteroatoms. The molecule has 0 radical (unpaired) electrons. The molecule has 1 aromatic rings. The van der Waals surface area contributed by atoms with E-state index < -0.39 is 0 Å². The molecule has 0 spiro atoms. The van der Waals surface area contributed by atoms with Crippen molar-refractivity contribution in [2.45, 2.75) is 59.1 Å². The molecule has 1 saturated heterocycles. The minimum absolute atomic E-state index is 0.227. The van der Waals surface area contributed by atoms with Gasteiger partial charge in [0.05, 0.1) is 6.10 Å². The number of likely N-dealkylation sites (tertiary alicyclic amines) is 1. The van der Waals surface area contributed by atoms with Gasteiger partial charge in [-0.1, -0.05) is 6.92 Å². The van der Waals surface area contributed by atoms with Gasteiger partial charge in [0.1, 0.15) is 5.75 Å². The second-order valence-electron chi connectivity index (χ2n) is 6.35. The Morgan fingerprint density at radius 1 is 1.29 bits per heavy atom. The summed E-state index contributed by atoms with van der Waals surface area (Å²) in [6.45, 7) is 12.2. The highest BCUT2D eigenvalue weighted by Gasteiger charge is 2.16. The van der Waals surface area contributed by atoms with Crippen molar-refractivity contribution in [3.8, 4) is 5.75 Å². The molecule has 0 bridgehead atoms. The highest BCUT2D eigenvalue weighted by Crippen LogP contribution is 2.24. The van der Waals surface area contributed by atoms with Crippen LogP contribution in [0.2, 0.25) is 0 Å². The first-order valence-corrected chi connectivity index (χ1v) is 8.34. The molecule has 21 heavy (non-hydrogen) atoms.